The molecule has 2 unspecified atom stereocenters. The van der Waals surface area contributed by atoms with Crippen molar-refractivity contribution in [3.05, 3.63) is 29.8 Å². The Morgan fingerprint density at radius 3 is 2.53 bits per heavy atom. The highest BCUT2D eigenvalue weighted by molar-refractivity contribution is 7.91. The number of rotatable bonds is 5. The molecule has 2 rings (SSSR count). The van der Waals surface area contributed by atoms with Gasteiger partial charge in [0.1, 0.15) is 0 Å². The Morgan fingerprint density at radius 1 is 1.26 bits per heavy atom. The SMILES string of the molecule is CCC(CC)C(C)NC1CS(=O)(=O)c2ccccc21. The van der Waals surface area contributed by atoms with Crippen LogP contribution in [-0.4, -0.2) is 20.2 Å². The number of sulfone groups is 1. The fourth-order valence-corrected chi connectivity index (χ4v) is 4.79. The van der Waals surface area contributed by atoms with Gasteiger partial charge >= 0.3 is 0 Å². The monoisotopic (exact) mass is 281 g/mol. The van der Waals surface area contributed by atoms with E-state index in [9.17, 15) is 8.42 Å². The number of hydrogen-bond donors (Lipinski definition) is 1. The summed E-state index contributed by atoms with van der Waals surface area (Å²) >= 11 is 0. The lowest BCUT2D eigenvalue weighted by molar-refractivity contribution is 0.331. The van der Waals surface area contributed by atoms with Gasteiger partial charge in [0.15, 0.2) is 9.84 Å². The number of hydrogen-bond acceptors (Lipinski definition) is 3. The Balaban J connectivity index is 2.20. The summed E-state index contributed by atoms with van der Waals surface area (Å²) in [5, 5.41) is 3.51. The van der Waals surface area contributed by atoms with E-state index in [0.717, 1.165) is 18.4 Å². The van der Waals surface area contributed by atoms with Crippen molar-refractivity contribution < 1.29 is 8.42 Å². The smallest absolute Gasteiger partial charge is 0.180 e. The van der Waals surface area contributed by atoms with Crippen LogP contribution in [0, 0.1) is 5.92 Å². The zero-order chi connectivity index (χ0) is 14.0. The second-order valence-corrected chi connectivity index (χ2v) is 7.41. The van der Waals surface area contributed by atoms with Gasteiger partial charge in [0, 0.05) is 12.1 Å². The maximum absolute atomic E-state index is 12.1. The molecule has 0 aliphatic carbocycles. The standard InChI is InChI=1S/C15H23NO2S/c1-4-12(5-2)11(3)16-14-10-19(17,18)15-9-7-6-8-13(14)15/h6-9,11-12,14,16H,4-5,10H2,1-3H3. The van der Waals surface area contributed by atoms with Gasteiger partial charge in [0.25, 0.3) is 0 Å². The maximum atomic E-state index is 12.1. The molecule has 2 atom stereocenters. The number of fused-ring (bicyclic) bond motifs is 1. The average Bonchev–Trinajstić information content (AvgIpc) is 2.63. The molecule has 3 nitrogen and oxygen atoms in total. The van der Waals surface area contributed by atoms with Crippen molar-refractivity contribution in [2.24, 2.45) is 5.92 Å². The molecule has 0 saturated carbocycles. The summed E-state index contributed by atoms with van der Waals surface area (Å²) in [5.41, 5.74) is 0.931. The predicted molar refractivity (Wildman–Crippen MR) is 77.9 cm³/mol. The quantitative estimate of drug-likeness (QED) is 0.902. The topological polar surface area (TPSA) is 46.2 Å². The first-order valence-corrected chi connectivity index (χ1v) is 8.72. The summed E-state index contributed by atoms with van der Waals surface area (Å²) in [6, 6.07) is 7.63. The predicted octanol–water partition coefficient (Wildman–Crippen LogP) is 2.93. The maximum Gasteiger partial charge on any atom is 0.180 e. The van der Waals surface area contributed by atoms with Crippen LogP contribution in [0.25, 0.3) is 0 Å². The summed E-state index contributed by atoms with van der Waals surface area (Å²) in [7, 11) is -3.10. The van der Waals surface area contributed by atoms with Crippen molar-refractivity contribution in [1.29, 1.82) is 0 Å². The van der Waals surface area contributed by atoms with E-state index in [1.807, 2.05) is 12.1 Å². The Bertz CT molecular complexity index is 535. The van der Waals surface area contributed by atoms with Crippen molar-refractivity contribution in [2.45, 2.75) is 50.6 Å². The van der Waals surface area contributed by atoms with Gasteiger partial charge in [-0.1, -0.05) is 44.9 Å². The molecule has 0 saturated heterocycles. The van der Waals surface area contributed by atoms with Gasteiger partial charge in [-0.05, 0) is 24.5 Å². The summed E-state index contributed by atoms with van der Waals surface area (Å²) in [6.07, 6.45) is 2.23. The summed E-state index contributed by atoms with van der Waals surface area (Å²) in [5.74, 6) is 0.784. The Hall–Kier alpha value is -0.870. The zero-order valence-corrected chi connectivity index (χ0v) is 12.7. The minimum Gasteiger partial charge on any atom is -0.306 e. The van der Waals surface area contributed by atoms with Gasteiger partial charge in [-0.25, -0.2) is 8.42 Å². The fraction of sp³-hybridized carbons (Fsp3) is 0.600. The highest BCUT2D eigenvalue weighted by Gasteiger charge is 2.35. The van der Waals surface area contributed by atoms with Crippen LogP contribution in [0.4, 0.5) is 0 Å². The summed E-state index contributed by atoms with van der Waals surface area (Å²) in [6.45, 7) is 6.53. The molecule has 1 aliphatic heterocycles. The molecule has 1 aromatic carbocycles. The zero-order valence-electron chi connectivity index (χ0n) is 11.9. The molecule has 1 heterocycles. The molecular formula is C15H23NO2S. The molecule has 0 radical (unpaired) electrons. The Morgan fingerprint density at radius 2 is 1.89 bits per heavy atom. The van der Waals surface area contributed by atoms with Crippen LogP contribution in [0.2, 0.25) is 0 Å². The van der Waals surface area contributed by atoms with E-state index in [1.165, 1.54) is 0 Å². The van der Waals surface area contributed by atoms with E-state index in [-0.39, 0.29) is 11.8 Å². The van der Waals surface area contributed by atoms with Crippen LogP contribution in [0.1, 0.15) is 45.2 Å². The molecule has 1 aromatic rings. The van der Waals surface area contributed by atoms with Crippen LogP contribution in [0.15, 0.2) is 29.2 Å². The summed E-state index contributed by atoms with van der Waals surface area (Å²) < 4.78 is 24.2. The molecule has 0 bridgehead atoms. The first kappa shape index (κ1) is 14.5. The average molecular weight is 281 g/mol. The first-order chi connectivity index (χ1) is 8.99. The van der Waals surface area contributed by atoms with Gasteiger partial charge in [0.05, 0.1) is 10.6 Å². The second kappa shape index (κ2) is 5.63. The summed E-state index contributed by atoms with van der Waals surface area (Å²) in [4.78, 5) is 0.504. The highest BCUT2D eigenvalue weighted by Crippen LogP contribution is 2.33. The van der Waals surface area contributed by atoms with E-state index in [0.29, 0.717) is 16.9 Å². The second-order valence-electron chi connectivity index (χ2n) is 5.40. The normalized spacial score (nSPS) is 22.4. The van der Waals surface area contributed by atoms with Crippen molar-refractivity contribution in [3.8, 4) is 0 Å². The molecule has 0 aromatic heterocycles. The molecule has 4 heteroatoms. The number of nitrogens with one attached hydrogen (secondary N) is 1. The molecule has 0 fully saturated rings. The van der Waals surface area contributed by atoms with Crippen LogP contribution < -0.4 is 5.32 Å². The van der Waals surface area contributed by atoms with Gasteiger partial charge in [-0.15, -0.1) is 0 Å². The van der Waals surface area contributed by atoms with Crippen molar-refractivity contribution in [2.75, 3.05) is 5.75 Å². The van der Waals surface area contributed by atoms with E-state index in [4.69, 9.17) is 0 Å². The molecule has 1 N–H and O–H groups in total. The molecular weight excluding hydrogens is 258 g/mol. The van der Waals surface area contributed by atoms with Crippen molar-refractivity contribution in [1.82, 2.24) is 5.32 Å². The van der Waals surface area contributed by atoms with Crippen LogP contribution in [-0.2, 0) is 9.84 Å². The van der Waals surface area contributed by atoms with Crippen LogP contribution in [0.3, 0.4) is 0 Å². The minimum atomic E-state index is -3.10. The molecule has 1 aliphatic rings. The molecule has 19 heavy (non-hydrogen) atoms. The molecule has 0 amide bonds. The van der Waals surface area contributed by atoms with Crippen LogP contribution >= 0.6 is 0 Å². The third-order valence-electron chi connectivity index (χ3n) is 4.24. The third-order valence-corrected chi connectivity index (χ3v) is 6.05. The van der Waals surface area contributed by atoms with E-state index < -0.39 is 9.84 Å². The highest BCUT2D eigenvalue weighted by atomic mass is 32.2. The molecule has 0 spiro atoms. The lowest BCUT2D eigenvalue weighted by atomic mass is 9.94. The van der Waals surface area contributed by atoms with Gasteiger partial charge in [0.2, 0.25) is 0 Å². The first-order valence-electron chi connectivity index (χ1n) is 7.07. The lowest BCUT2D eigenvalue weighted by Crippen LogP contribution is -2.36. The number of benzene rings is 1. The Kier molecular flexibility index (Phi) is 4.31. The fourth-order valence-electron chi connectivity index (χ4n) is 3.04. The Labute approximate surface area is 116 Å². The van der Waals surface area contributed by atoms with E-state index in [2.05, 4.69) is 26.1 Å². The minimum absolute atomic E-state index is 0.0585. The van der Waals surface area contributed by atoms with Gasteiger partial charge < -0.3 is 5.32 Å². The lowest BCUT2D eigenvalue weighted by Gasteiger charge is -2.26. The van der Waals surface area contributed by atoms with Gasteiger partial charge in [-0.3, -0.25) is 0 Å². The van der Waals surface area contributed by atoms with Crippen molar-refractivity contribution in [3.63, 3.8) is 0 Å². The van der Waals surface area contributed by atoms with Crippen molar-refractivity contribution >= 4 is 9.84 Å². The molecule has 106 valence electrons. The van der Waals surface area contributed by atoms with E-state index >= 15 is 0 Å². The largest absolute Gasteiger partial charge is 0.306 e. The van der Waals surface area contributed by atoms with E-state index in [1.54, 1.807) is 12.1 Å². The van der Waals surface area contributed by atoms with Gasteiger partial charge in [-0.2, -0.15) is 0 Å². The third kappa shape index (κ3) is 2.84. The van der Waals surface area contributed by atoms with Crippen LogP contribution in [0.5, 0.6) is 0 Å².